The van der Waals surface area contributed by atoms with E-state index in [1.165, 1.54) is 12.8 Å². The maximum absolute atomic E-state index is 12.8. The van der Waals surface area contributed by atoms with Crippen LogP contribution >= 0.6 is 0 Å². The third-order valence-electron chi connectivity index (χ3n) is 5.24. The van der Waals surface area contributed by atoms with Crippen LogP contribution in [-0.4, -0.2) is 25.7 Å². The van der Waals surface area contributed by atoms with Gasteiger partial charge in [0, 0.05) is 11.1 Å². The smallest absolute Gasteiger partial charge is 0.256 e. The number of amides is 1. The van der Waals surface area contributed by atoms with Crippen LogP contribution < -0.4 is 5.32 Å². The molecule has 0 saturated heterocycles. The minimum atomic E-state index is -0.153. The molecule has 0 bridgehead atoms. The van der Waals surface area contributed by atoms with Crippen molar-refractivity contribution in [2.24, 2.45) is 5.92 Å². The minimum Gasteiger partial charge on any atom is -0.307 e. The average molecular weight is 349 g/mol. The molecular formula is C20H23N5O. The number of hydrogen-bond donors (Lipinski definition) is 1. The first-order valence-electron chi connectivity index (χ1n) is 9.04. The zero-order valence-electron chi connectivity index (χ0n) is 15.6. The molecule has 0 radical (unpaired) electrons. The second-order valence-electron chi connectivity index (χ2n) is 7.25. The van der Waals surface area contributed by atoms with Crippen LogP contribution in [0.25, 0.3) is 11.0 Å². The molecule has 1 atom stereocenters. The van der Waals surface area contributed by atoms with E-state index in [9.17, 15) is 4.79 Å². The summed E-state index contributed by atoms with van der Waals surface area (Å²) >= 11 is 0. The highest BCUT2D eigenvalue weighted by molar-refractivity contribution is 6.05. The molecule has 6 nitrogen and oxygen atoms in total. The molecule has 3 aromatic rings. The molecule has 2 heterocycles. The van der Waals surface area contributed by atoms with Crippen molar-refractivity contribution < 1.29 is 4.79 Å². The number of benzene rings is 1. The Balaban J connectivity index is 1.63. The molecule has 26 heavy (non-hydrogen) atoms. The third kappa shape index (κ3) is 2.96. The van der Waals surface area contributed by atoms with Gasteiger partial charge in [0.25, 0.3) is 5.91 Å². The fraction of sp³-hybridized carbons (Fsp3) is 0.400. The van der Waals surface area contributed by atoms with Crippen LogP contribution in [0.1, 0.15) is 53.1 Å². The van der Waals surface area contributed by atoms with Gasteiger partial charge < -0.3 is 5.32 Å². The van der Waals surface area contributed by atoms with Crippen LogP contribution in [0.4, 0.5) is 5.82 Å². The highest BCUT2D eigenvalue weighted by Crippen LogP contribution is 2.40. The number of nitrogens with zero attached hydrogens (tertiary/aromatic N) is 4. The van der Waals surface area contributed by atoms with Gasteiger partial charge >= 0.3 is 0 Å². The van der Waals surface area contributed by atoms with E-state index >= 15 is 0 Å². The lowest BCUT2D eigenvalue weighted by atomic mass is 10.1. The minimum absolute atomic E-state index is 0.153. The van der Waals surface area contributed by atoms with Gasteiger partial charge in [-0.05, 0) is 64.7 Å². The summed E-state index contributed by atoms with van der Waals surface area (Å²) in [5.41, 5.74) is 4.86. The summed E-state index contributed by atoms with van der Waals surface area (Å²) in [5.74, 6) is 1.28. The molecule has 4 rings (SSSR count). The Labute approximate surface area is 152 Å². The average Bonchev–Trinajstić information content (AvgIpc) is 3.40. The van der Waals surface area contributed by atoms with Crippen molar-refractivity contribution in [2.45, 2.75) is 46.6 Å². The quantitative estimate of drug-likeness (QED) is 0.773. The Kier molecular flexibility index (Phi) is 3.98. The molecule has 1 aliphatic rings. The van der Waals surface area contributed by atoms with Gasteiger partial charge in [0.15, 0.2) is 0 Å². The number of fused-ring (bicyclic) bond motifs is 1. The number of aryl methyl sites for hydroxylation is 3. The standard InChI is InChI=1S/C20H23N5O/c1-11-10-21-25(14(4)15-5-6-15)19(11)24-20(26)16-7-8-17-18(9-16)23-13(3)12(2)22-17/h7-10,14-15H,5-6H2,1-4H3,(H,24,26)/t14-/m0/s1. The number of aromatic nitrogens is 4. The van der Waals surface area contributed by atoms with Crippen LogP contribution in [-0.2, 0) is 0 Å². The molecule has 0 aliphatic heterocycles. The van der Waals surface area contributed by atoms with Gasteiger partial charge in [0.1, 0.15) is 5.82 Å². The first-order chi connectivity index (χ1) is 12.4. The number of rotatable bonds is 4. The molecule has 1 aliphatic carbocycles. The number of carbonyl (C=O) groups excluding carboxylic acids is 1. The van der Waals surface area contributed by atoms with Crippen LogP contribution in [0, 0.1) is 26.7 Å². The summed E-state index contributed by atoms with van der Waals surface area (Å²) in [6.45, 7) is 8.00. The molecule has 1 fully saturated rings. The normalized spacial score (nSPS) is 15.2. The van der Waals surface area contributed by atoms with E-state index in [0.29, 0.717) is 17.5 Å². The number of anilines is 1. The van der Waals surface area contributed by atoms with Crippen molar-refractivity contribution >= 4 is 22.8 Å². The van der Waals surface area contributed by atoms with Crippen molar-refractivity contribution in [3.05, 3.63) is 46.9 Å². The Bertz CT molecular complexity index is 1000. The monoisotopic (exact) mass is 349 g/mol. The van der Waals surface area contributed by atoms with Gasteiger partial charge in [-0.1, -0.05) is 0 Å². The lowest BCUT2D eigenvalue weighted by molar-refractivity contribution is 0.102. The molecule has 0 unspecified atom stereocenters. The van der Waals surface area contributed by atoms with Crippen molar-refractivity contribution in [1.82, 2.24) is 19.7 Å². The predicted octanol–water partition coefficient (Wildman–Crippen LogP) is 3.97. The Morgan fingerprint density at radius 3 is 2.54 bits per heavy atom. The fourth-order valence-corrected chi connectivity index (χ4v) is 3.24. The van der Waals surface area contributed by atoms with E-state index in [1.54, 1.807) is 12.1 Å². The second kappa shape index (κ2) is 6.20. The number of hydrogen-bond acceptors (Lipinski definition) is 4. The highest BCUT2D eigenvalue weighted by atomic mass is 16.1. The second-order valence-corrected chi connectivity index (χ2v) is 7.25. The largest absolute Gasteiger partial charge is 0.307 e. The maximum Gasteiger partial charge on any atom is 0.256 e. The Morgan fingerprint density at radius 1 is 1.15 bits per heavy atom. The Hall–Kier alpha value is -2.76. The molecule has 2 aromatic heterocycles. The topological polar surface area (TPSA) is 72.7 Å². The summed E-state index contributed by atoms with van der Waals surface area (Å²) in [6, 6.07) is 5.74. The highest BCUT2D eigenvalue weighted by Gasteiger charge is 2.31. The van der Waals surface area contributed by atoms with Gasteiger partial charge in [-0.3, -0.25) is 4.79 Å². The van der Waals surface area contributed by atoms with Crippen LogP contribution in [0.3, 0.4) is 0 Å². The van der Waals surface area contributed by atoms with Crippen molar-refractivity contribution in [3.63, 3.8) is 0 Å². The molecule has 1 N–H and O–H groups in total. The van der Waals surface area contributed by atoms with E-state index < -0.39 is 0 Å². The van der Waals surface area contributed by atoms with E-state index in [4.69, 9.17) is 0 Å². The van der Waals surface area contributed by atoms with Crippen LogP contribution in [0.15, 0.2) is 24.4 Å². The summed E-state index contributed by atoms with van der Waals surface area (Å²) in [7, 11) is 0. The first-order valence-corrected chi connectivity index (χ1v) is 9.04. The molecule has 0 spiro atoms. The van der Waals surface area contributed by atoms with E-state index in [0.717, 1.165) is 33.8 Å². The van der Waals surface area contributed by atoms with Gasteiger partial charge in [-0.2, -0.15) is 5.10 Å². The van der Waals surface area contributed by atoms with E-state index in [-0.39, 0.29) is 5.91 Å². The lowest BCUT2D eigenvalue weighted by Crippen LogP contribution is -2.19. The molecule has 1 saturated carbocycles. The summed E-state index contributed by atoms with van der Waals surface area (Å²) in [5, 5.41) is 7.52. The molecular weight excluding hydrogens is 326 g/mol. The van der Waals surface area contributed by atoms with Crippen molar-refractivity contribution in [3.8, 4) is 0 Å². The van der Waals surface area contributed by atoms with E-state index in [1.807, 2.05) is 37.7 Å². The number of nitrogens with one attached hydrogen (secondary N) is 1. The molecule has 1 amide bonds. The zero-order valence-corrected chi connectivity index (χ0v) is 15.6. The van der Waals surface area contributed by atoms with Gasteiger partial charge in [-0.15, -0.1) is 0 Å². The summed E-state index contributed by atoms with van der Waals surface area (Å²) < 4.78 is 1.94. The van der Waals surface area contributed by atoms with E-state index in [2.05, 4.69) is 27.3 Å². The summed E-state index contributed by atoms with van der Waals surface area (Å²) in [6.07, 6.45) is 4.28. The van der Waals surface area contributed by atoms with Gasteiger partial charge in [0.05, 0.1) is 34.7 Å². The SMILES string of the molecule is Cc1cnn([C@@H](C)C2CC2)c1NC(=O)c1ccc2nc(C)c(C)nc2c1. The Morgan fingerprint density at radius 2 is 1.85 bits per heavy atom. The molecule has 6 heteroatoms. The number of carbonyl (C=O) groups is 1. The molecule has 1 aromatic carbocycles. The van der Waals surface area contributed by atoms with Gasteiger partial charge in [-0.25, -0.2) is 14.6 Å². The fourth-order valence-electron chi connectivity index (χ4n) is 3.24. The van der Waals surface area contributed by atoms with Crippen LogP contribution in [0.5, 0.6) is 0 Å². The van der Waals surface area contributed by atoms with Gasteiger partial charge in [0.2, 0.25) is 0 Å². The zero-order chi connectivity index (χ0) is 18.4. The molecule has 134 valence electrons. The maximum atomic E-state index is 12.8. The van der Waals surface area contributed by atoms with Crippen LogP contribution in [0.2, 0.25) is 0 Å². The lowest BCUT2D eigenvalue weighted by Gasteiger charge is -2.16. The first kappa shape index (κ1) is 16.7. The van der Waals surface area contributed by atoms with Crippen molar-refractivity contribution in [2.75, 3.05) is 5.32 Å². The predicted molar refractivity (Wildman–Crippen MR) is 101 cm³/mol. The third-order valence-corrected chi connectivity index (χ3v) is 5.24. The van der Waals surface area contributed by atoms with Crippen molar-refractivity contribution in [1.29, 1.82) is 0 Å². The summed E-state index contributed by atoms with van der Waals surface area (Å²) in [4.78, 5) is 21.9.